The lowest BCUT2D eigenvalue weighted by Gasteiger charge is -2.33. The van der Waals surface area contributed by atoms with E-state index in [0.717, 1.165) is 12.1 Å². The van der Waals surface area contributed by atoms with Crippen LogP contribution < -0.4 is 9.47 Å². The maximum atomic E-state index is 12.7. The molecule has 4 nitrogen and oxygen atoms in total. The van der Waals surface area contributed by atoms with Crippen LogP contribution in [0.25, 0.3) is 0 Å². The number of para-hydroxylation sites is 2. The molecule has 0 aliphatic carbocycles. The first kappa shape index (κ1) is 18.1. The van der Waals surface area contributed by atoms with Crippen LogP contribution in [0.4, 0.5) is 13.2 Å². The van der Waals surface area contributed by atoms with Crippen molar-refractivity contribution in [3.63, 3.8) is 0 Å². The summed E-state index contributed by atoms with van der Waals surface area (Å²) in [5.41, 5.74) is -0.122. The van der Waals surface area contributed by atoms with Crippen molar-refractivity contribution in [1.29, 1.82) is 0 Å². The molecule has 0 spiro atoms. The third kappa shape index (κ3) is 3.76. The quantitative estimate of drug-likeness (QED) is 0.828. The zero-order chi connectivity index (χ0) is 18.9. The van der Waals surface area contributed by atoms with Crippen molar-refractivity contribution < 1.29 is 27.4 Å². The highest BCUT2D eigenvalue weighted by atomic mass is 19.4. The van der Waals surface area contributed by atoms with Crippen molar-refractivity contribution >= 4 is 5.91 Å². The first-order valence-electron chi connectivity index (χ1n) is 8.09. The van der Waals surface area contributed by atoms with Crippen LogP contribution in [0.15, 0.2) is 48.5 Å². The van der Waals surface area contributed by atoms with Gasteiger partial charge in [-0.15, -0.1) is 0 Å². The fraction of sp³-hybridized carbons (Fsp3) is 0.316. The number of benzene rings is 2. The summed E-state index contributed by atoms with van der Waals surface area (Å²) in [6, 6.07) is 11.8. The van der Waals surface area contributed by atoms with E-state index in [-0.39, 0.29) is 12.5 Å². The lowest BCUT2D eigenvalue weighted by molar-refractivity contribution is -0.143. The average Bonchev–Trinajstić information content (AvgIpc) is 2.60. The molecule has 2 aromatic rings. The molecule has 1 heterocycles. The minimum Gasteiger partial charge on any atom is -0.482 e. The molecule has 1 amide bonds. The molecule has 0 bridgehead atoms. The van der Waals surface area contributed by atoms with Gasteiger partial charge in [-0.05, 0) is 36.8 Å². The summed E-state index contributed by atoms with van der Waals surface area (Å²) >= 11 is 0. The second-order valence-corrected chi connectivity index (χ2v) is 6.20. The number of ether oxygens (including phenoxy) is 2. The fourth-order valence-electron chi connectivity index (χ4n) is 2.76. The normalized spacial score (nSPS) is 19.1. The van der Waals surface area contributed by atoms with Gasteiger partial charge in [-0.1, -0.05) is 24.3 Å². The first-order valence-corrected chi connectivity index (χ1v) is 8.09. The molecule has 0 saturated heterocycles. The number of likely N-dealkylation sites (N-methyl/N-ethyl adjacent to an activating group) is 1. The van der Waals surface area contributed by atoms with Crippen molar-refractivity contribution in [3.05, 3.63) is 59.7 Å². The highest BCUT2D eigenvalue weighted by Crippen LogP contribution is 2.34. The Labute approximate surface area is 149 Å². The second-order valence-electron chi connectivity index (χ2n) is 6.20. The molecule has 2 unspecified atom stereocenters. The molecule has 0 aromatic heterocycles. The van der Waals surface area contributed by atoms with Gasteiger partial charge in [0.05, 0.1) is 5.56 Å². The number of fused-ring (bicyclic) bond motifs is 1. The molecule has 2 aromatic carbocycles. The monoisotopic (exact) mass is 365 g/mol. The summed E-state index contributed by atoms with van der Waals surface area (Å²) in [6.07, 6.45) is -5.67. The van der Waals surface area contributed by atoms with Gasteiger partial charge in [-0.2, -0.15) is 13.2 Å². The molecule has 0 radical (unpaired) electrons. The number of rotatable bonds is 3. The third-order valence-corrected chi connectivity index (χ3v) is 4.16. The van der Waals surface area contributed by atoms with E-state index in [1.807, 2.05) is 6.07 Å². The lowest BCUT2D eigenvalue weighted by Crippen LogP contribution is -2.49. The Bertz CT molecular complexity index is 789. The minimum absolute atomic E-state index is 0.172. The van der Waals surface area contributed by atoms with Gasteiger partial charge in [0, 0.05) is 13.6 Å². The van der Waals surface area contributed by atoms with Crippen LogP contribution in [0, 0.1) is 0 Å². The van der Waals surface area contributed by atoms with Crippen molar-refractivity contribution in [3.8, 4) is 11.5 Å². The summed E-state index contributed by atoms with van der Waals surface area (Å²) < 4.78 is 49.4. The van der Waals surface area contributed by atoms with E-state index in [1.165, 1.54) is 17.0 Å². The SMILES string of the molecule is CC1Oc2ccccc2OC1C(=O)N(C)Cc1ccc(C(F)(F)F)cc1. The molecule has 3 rings (SSSR count). The van der Waals surface area contributed by atoms with Gasteiger partial charge in [0.15, 0.2) is 11.5 Å². The predicted molar refractivity (Wildman–Crippen MR) is 88.9 cm³/mol. The Morgan fingerprint density at radius 1 is 1.04 bits per heavy atom. The number of hydrogen-bond acceptors (Lipinski definition) is 3. The van der Waals surface area contributed by atoms with Crippen LogP contribution in [-0.4, -0.2) is 30.1 Å². The van der Waals surface area contributed by atoms with Crippen LogP contribution in [0.2, 0.25) is 0 Å². The number of alkyl halides is 3. The van der Waals surface area contributed by atoms with Gasteiger partial charge >= 0.3 is 6.18 Å². The van der Waals surface area contributed by atoms with Crippen molar-refractivity contribution in [1.82, 2.24) is 4.90 Å². The predicted octanol–water partition coefficient (Wildman–Crippen LogP) is 3.89. The summed E-state index contributed by atoms with van der Waals surface area (Å²) in [5.74, 6) is 0.772. The molecule has 2 atom stereocenters. The zero-order valence-electron chi connectivity index (χ0n) is 14.3. The smallest absolute Gasteiger partial charge is 0.416 e. The van der Waals surface area contributed by atoms with Crippen LogP contribution in [0.3, 0.4) is 0 Å². The number of halogens is 3. The van der Waals surface area contributed by atoms with Crippen molar-refractivity contribution in [2.75, 3.05) is 7.05 Å². The Kier molecular flexibility index (Phi) is 4.80. The van der Waals surface area contributed by atoms with Gasteiger partial charge in [0.1, 0.15) is 6.10 Å². The zero-order valence-corrected chi connectivity index (χ0v) is 14.3. The molecule has 1 aliphatic rings. The highest BCUT2D eigenvalue weighted by molar-refractivity contribution is 5.82. The van der Waals surface area contributed by atoms with Gasteiger partial charge < -0.3 is 14.4 Å². The van der Waals surface area contributed by atoms with Crippen LogP contribution in [0.5, 0.6) is 11.5 Å². The molecular formula is C19H18F3NO3. The van der Waals surface area contributed by atoms with Crippen molar-refractivity contribution in [2.45, 2.75) is 31.9 Å². The molecule has 7 heteroatoms. The lowest BCUT2D eigenvalue weighted by atomic mass is 10.1. The molecule has 1 aliphatic heterocycles. The summed E-state index contributed by atoms with van der Waals surface area (Å²) in [6.45, 7) is 1.91. The van der Waals surface area contributed by atoms with Crippen LogP contribution in [-0.2, 0) is 17.5 Å². The third-order valence-electron chi connectivity index (χ3n) is 4.16. The molecule has 138 valence electrons. The second kappa shape index (κ2) is 6.90. The maximum absolute atomic E-state index is 12.7. The molecule has 26 heavy (non-hydrogen) atoms. The van der Waals surface area contributed by atoms with E-state index in [9.17, 15) is 18.0 Å². The van der Waals surface area contributed by atoms with Gasteiger partial charge in [0.25, 0.3) is 5.91 Å². The molecular weight excluding hydrogens is 347 g/mol. The first-order chi connectivity index (χ1) is 12.3. The van der Waals surface area contributed by atoms with E-state index in [1.54, 1.807) is 32.2 Å². The van der Waals surface area contributed by atoms with E-state index >= 15 is 0 Å². The van der Waals surface area contributed by atoms with Gasteiger partial charge in [-0.3, -0.25) is 4.79 Å². The number of amides is 1. The summed E-state index contributed by atoms with van der Waals surface area (Å²) in [4.78, 5) is 14.1. The average molecular weight is 365 g/mol. The minimum atomic E-state index is -4.38. The van der Waals surface area contributed by atoms with E-state index in [0.29, 0.717) is 17.1 Å². The number of hydrogen-bond donors (Lipinski definition) is 0. The molecule has 0 saturated carbocycles. The summed E-state index contributed by atoms with van der Waals surface area (Å²) in [5, 5.41) is 0. The van der Waals surface area contributed by atoms with Crippen molar-refractivity contribution in [2.24, 2.45) is 0 Å². The Morgan fingerprint density at radius 3 is 2.19 bits per heavy atom. The standard InChI is InChI=1S/C19H18F3NO3/c1-12-17(26-16-6-4-3-5-15(16)25-12)18(24)23(2)11-13-7-9-14(10-8-13)19(20,21)22/h3-10,12,17H,11H2,1-2H3. The summed E-state index contributed by atoms with van der Waals surface area (Å²) in [7, 11) is 1.58. The van der Waals surface area contributed by atoms with E-state index in [2.05, 4.69) is 0 Å². The fourth-order valence-corrected chi connectivity index (χ4v) is 2.76. The largest absolute Gasteiger partial charge is 0.482 e. The number of carbonyl (C=O) groups is 1. The number of nitrogens with zero attached hydrogens (tertiary/aromatic N) is 1. The number of carbonyl (C=O) groups excluding carboxylic acids is 1. The maximum Gasteiger partial charge on any atom is 0.416 e. The van der Waals surface area contributed by atoms with E-state index < -0.39 is 23.9 Å². The Balaban J connectivity index is 1.68. The Hall–Kier alpha value is -2.70. The van der Waals surface area contributed by atoms with Crippen LogP contribution >= 0.6 is 0 Å². The van der Waals surface area contributed by atoms with Crippen LogP contribution in [0.1, 0.15) is 18.1 Å². The van der Waals surface area contributed by atoms with Gasteiger partial charge in [-0.25, -0.2) is 0 Å². The molecule has 0 fully saturated rings. The topological polar surface area (TPSA) is 38.8 Å². The Morgan fingerprint density at radius 2 is 1.62 bits per heavy atom. The molecule has 0 N–H and O–H groups in total. The van der Waals surface area contributed by atoms with Gasteiger partial charge in [0.2, 0.25) is 6.10 Å². The highest BCUT2D eigenvalue weighted by Gasteiger charge is 2.36. The van der Waals surface area contributed by atoms with E-state index in [4.69, 9.17) is 9.47 Å².